The van der Waals surface area contributed by atoms with Gasteiger partial charge in [0.2, 0.25) is 0 Å². The van der Waals surface area contributed by atoms with Crippen molar-refractivity contribution in [1.29, 1.82) is 0 Å². The van der Waals surface area contributed by atoms with E-state index in [9.17, 15) is 4.79 Å². The first-order valence-electron chi connectivity index (χ1n) is 3.71. The molecule has 0 fully saturated rings. The van der Waals surface area contributed by atoms with E-state index < -0.39 is 6.04 Å². The standard InChI is InChI=1S/C7H8ClN3O/c8-4-3-10-11-2-1-5(9)7(12)6(4)11/h3,5H,1-2,9H2. The maximum Gasteiger partial charge on any atom is 0.199 e. The molecule has 0 aromatic carbocycles. The molecular weight excluding hydrogens is 178 g/mol. The molecule has 12 heavy (non-hydrogen) atoms. The zero-order valence-corrected chi connectivity index (χ0v) is 7.08. The fraction of sp³-hybridized carbons (Fsp3) is 0.429. The van der Waals surface area contributed by atoms with Crippen LogP contribution in [0, 0.1) is 0 Å². The van der Waals surface area contributed by atoms with Crippen LogP contribution in [0.15, 0.2) is 6.20 Å². The Hall–Kier alpha value is -0.870. The van der Waals surface area contributed by atoms with E-state index in [-0.39, 0.29) is 5.78 Å². The quantitative estimate of drug-likeness (QED) is 0.639. The van der Waals surface area contributed by atoms with Gasteiger partial charge in [0.1, 0.15) is 5.69 Å². The van der Waals surface area contributed by atoms with E-state index >= 15 is 0 Å². The van der Waals surface area contributed by atoms with Crippen LogP contribution in [0.4, 0.5) is 0 Å². The van der Waals surface area contributed by atoms with Gasteiger partial charge in [0, 0.05) is 6.54 Å². The van der Waals surface area contributed by atoms with Crippen LogP contribution in [0.5, 0.6) is 0 Å². The normalized spacial score (nSPS) is 22.5. The van der Waals surface area contributed by atoms with Gasteiger partial charge in [0.25, 0.3) is 0 Å². The highest BCUT2D eigenvalue weighted by Crippen LogP contribution is 2.21. The third-order valence-corrected chi connectivity index (χ3v) is 2.29. The second-order valence-corrected chi connectivity index (χ2v) is 3.23. The number of nitrogens with zero attached hydrogens (tertiary/aromatic N) is 2. The molecule has 1 aromatic heterocycles. The minimum Gasteiger partial charge on any atom is -0.321 e. The Labute approximate surface area is 74.3 Å². The van der Waals surface area contributed by atoms with Crippen molar-refractivity contribution < 1.29 is 4.79 Å². The van der Waals surface area contributed by atoms with Gasteiger partial charge in [-0.15, -0.1) is 0 Å². The van der Waals surface area contributed by atoms with Crippen LogP contribution in [-0.2, 0) is 6.54 Å². The fourth-order valence-electron chi connectivity index (χ4n) is 1.35. The Morgan fingerprint density at radius 1 is 1.75 bits per heavy atom. The molecule has 1 unspecified atom stereocenters. The van der Waals surface area contributed by atoms with Crippen molar-refractivity contribution in [3.05, 3.63) is 16.9 Å². The average molecular weight is 186 g/mol. The van der Waals surface area contributed by atoms with Crippen LogP contribution in [0.25, 0.3) is 0 Å². The zero-order chi connectivity index (χ0) is 8.72. The van der Waals surface area contributed by atoms with Crippen molar-refractivity contribution in [3.8, 4) is 0 Å². The Kier molecular flexibility index (Phi) is 1.66. The first-order chi connectivity index (χ1) is 5.70. The van der Waals surface area contributed by atoms with Gasteiger partial charge in [-0.1, -0.05) is 11.6 Å². The number of carbonyl (C=O) groups is 1. The van der Waals surface area contributed by atoms with Crippen molar-refractivity contribution in [2.45, 2.75) is 19.0 Å². The highest BCUT2D eigenvalue weighted by Gasteiger charge is 2.27. The van der Waals surface area contributed by atoms with Crippen molar-refractivity contribution in [1.82, 2.24) is 9.78 Å². The highest BCUT2D eigenvalue weighted by molar-refractivity contribution is 6.33. The minimum absolute atomic E-state index is 0.108. The number of aromatic nitrogens is 2. The number of nitrogens with two attached hydrogens (primary N) is 1. The maximum absolute atomic E-state index is 11.4. The van der Waals surface area contributed by atoms with Crippen molar-refractivity contribution in [2.75, 3.05) is 0 Å². The third kappa shape index (κ3) is 0.956. The Morgan fingerprint density at radius 2 is 2.50 bits per heavy atom. The SMILES string of the molecule is NC1CCn2ncc(Cl)c2C1=O. The topological polar surface area (TPSA) is 60.9 Å². The number of halogens is 1. The summed E-state index contributed by atoms with van der Waals surface area (Å²) in [6.07, 6.45) is 2.12. The Balaban J connectivity index is 2.53. The maximum atomic E-state index is 11.4. The number of hydrogen-bond acceptors (Lipinski definition) is 3. The molecule has 0 aliphatic carbocycles. The summed E-state index contributed by atoms with van der Waals surface area (Å²) >= 11 is 5.76. The monoisotopic (exact) mass is 185 g/mol. The Bertz CT molecular complexity index is 333. The second-order valence-electron chi connectivity index (χ2n) is 2.82. The molecule has 0 spiro atoms. The number of aryl methyl sites for hydroxylation is 1. The molecule has 1 aromatic rings. The predicted molar refractivity (Wildman–Crippen MR) is 44.2 cm³/mol. The molecule has 5 heteroatoms. The lowest BCUT2D eigenvalue weighted by atomic mass is 10.0. The van der Waals surface area contributed by atoms with Crippen LogP contribution >= 0.6 is 11.6 Å². The molecular formula is C7H8ClN3O. The number of rotatable bonds is 0. The van der Waals surface area contributed by atoms with Gasteiger partial charge in [0.05, 0.1) is 17.3 Å². The summed E-state index contributed by atoms with van der Waals surface area (Å²) in [5.74, 6) is -0.108. The summed E-state index contributed by atoms with van der Waals surface area (Å²) in [5, 5.41) is 4.35. The van der Waals surface area contributed by atoms with Gasteiger partial charge in [-0.3, -0.25) is 9.48 Å². The molecule has 0 saturated heterocycles. The first kappa shape index (κ1) is 7.76. The molecule has 2 N–H and O–H groups in total. The largest absolute Gasteiger partial charge is 0.321 e. The van der Waals surface area contributed by atoms with E-state index in [1.54, 1.807) is 4.68 Å². The highest BCUT2D eigenvalue weighted by atomic mass is 35.5. The van der Waals surface area contributed by atoms with Gasteiger partial charge in [-0.05, 0) is 6.42 Å². The molecule has 1 aliphatic rings. The van der Waals surface area contributed by atoms with Gasteiger partial charge < -0.3 is 5.73 Å². The Morgan fingerprint density at radius 3 is 3.25 bits per heavy atom. The summed E-state index contributed by atoms with van der Waals surface area (Å²) in [6, 6.07) is -0.410. The summed E-state index contributed by atoms with van der Waals surface area (Å²) in [7, 11) is 0. The minimum atomic E-state index is -0.410. The van der Waals surface area contributed by atoms with Crippen LogP contribution in [0.3, 0.4) is 0 Å². The molecule has 0 radical (unpaired) electrons. The van der Waals surface area contributed by atoms with Crippen LogP contribution < -0.4 is 5.73 Å². The smallest absolute Gasteiger partial charge is 0.199 e. The molecule has 2 rings (SSSR count). The van der Waals surface area contributed by atoms with E-state index in [0.717, 1.165) is 0 Å². The number of ketones is 1. The van der Waals surface area contributed by atoms with Gasteiger partial charge in [0.15, 0.2) is 5.78 Å². The van der Waals surface area contributed by atoms with E-state index in [1.165, 1.54) is 6.20 Å². The molecule has 1 aliphatic heterocycles. The van der Waals surface area contributed by atoms with E-state index in [2.05, 4.69) is 5.10 Å². The van der Waals surface area contributed by atoms with Crippen LogP contribution in [-0.4, -0.2) is 21.6 Å². The molecule has 4 nitrogen and oxygen atoms in total. The lowest BCUT2D eigenvalue weighted by Gasteiger charge is -2.18. The third-order valence-electron chi connectivity index (χ3n) is 2.02. The van der Waals surface area contributed by atoms with E-state index in [0.29, 0.717) is 23.7 Å². The fourth-order valence-corrected chi connectivity index (χ4v) is 1.58. The first-order valence-corrected chi connectivity index (χ1v) is 4.09. The zero-order valence-electron chi connectivity index (χ0n) is 6.33. The number of Topliss-reactive ketones (excluding diaryl/α,β-unsaturated/α-hetero) is 1. The summed E-state index contributed by atoms with van der Waals surface area (Å²) in [6.45, 7) is 0.676. The van der Waals surface area contributed by atoms with Gasteiger partial charge in [-0.25, -0.2) is 0 Å². The molecule has 0 amide bonds. The van der Waals surface area contributed by atoms with E-state index in [1.807, 2.05) is 0 Å². The summed E-state index contributed by atoms with van der Waals surface area (Å²) < 4.78 is 1.61. The number of fused-ring (bicyclic) bond motifs is 1. The van der Waals surface area contributed by atoms with Gasteiger partial charge >= 0.3 is 0 Å². The lowest BCUT2D eigenvalue weighted by molar-refractivity contribution is 0.0925. The lowest BCUT2D eigenvalue weighted by Crippen LogP contribution is -2.37. The van der Waals surface area contributed by atoms with Crippen molar-refractivity contribution in [3.63, 3.8) is 0 Å². The number of carbonyl (C=O) groups excluding carboxylic acids is 1. The predicted octanol–water partition coefficient (Wildman–Crippen LogP) is 0.450. The number of hydrogen-bond donors (Lipinski definition) is 1. The van der Waals surface area contributed by atoms with E-state index in [4.69, 9.17) is 17.3 Å². The van der Waals surface area contributed by atoms with Crippen molar-refractivity contribution in [2.24, 2.45) is 5.73 Å². The molecule has 0 saturated carbocycles. The summed E-state index contributed by atoms with van der Waals surface area (Å²) in [4.78, 5) is 11.4. The molecule has 2 heterocycles. The van der Waals surface area contributed by atoms with Gasteiger partial charge in [-0.2, -0.15) is 5.10 Å². The van der Waals surface area contributed by atoms with Crippen LogP contribution in [0.2, 0.25) is 5.02 Å². The van der Waals surface area contributed by atoms with Crippen LogP contribution in [0.1, 0.15) is 16.9 Å². The molecule has 1 atom stereocenters. The van der Waals surface area contributed by atoms with Crippen molar-refractivity contribution >= 4 is 17.4 Å². The molecule has 64 valence electrons. The second kappa shape index (κ2) is 2.57. The summed E-state index contributed by atoms with van der Waals surface area (Å²) in [5.41, 5.74) is 6.03. The average Bonchev–Trinajstić information content (AvgIpc) is 2.41. The molecule has 0 bridgehead atoms.